The van der Waals surface area contributed by atoms with Crippen LogP contribution >= 0.6 is 12.2 Å². The van der Waals surface area contributed by atoms with E-state index in [1.54, 1.807) is 19.1 Å². The van der Waals surface area contributed by atoms with Crippen molar-refractivity contribution in [2.75, 3.05) is 20.6 Å². The molecule has 0 fully saturated rings. The predicted octanol–water partition coefficient (Wildman–Crippen LogP) is 0.858. The molecule has 1 aromatic carbocycles. The first-order valence-electron chi connectivity index (χ1n) is 6.21. The van der Waals surface area contributed by atoms with Crippen molar-refractivity contribution in [2.24, 2.45) is 5.73 Å². The molecular weight excluding hydrogens is 294 g/mol. The number of sulfonamides is 1. The first-order chi connectivity index (χ1) is 9.13. The highest BCUT2D eigenvalue weighted by molar-refractivity contribution is 7.89. The van der Waals surface area contributed by atoms with Gasteiger partial charge in [-0.15, -0.1) is 0 Å². The predicted molar refractivity (Wildman–Crippen MR) is 85.4 cm³/mol. The van der Waals surface area contributed by atoms with Crippen LogP contribution in [-0.2, 0) is 10.0 Å². The van der Waals surface area contributed by atoms with E-state index in [-0.39, 0.29) is 15.9 Å². The van der Waals surface area contributed by atoms with Crippen LogP contribution in [0.2, 0.25) is 0 Å². The van der Waals surface area contributed by atoms with Gasteiger partial charge in [0, 0.05) is 18.2 Å². The molecule has 20 heavy (non-hydrogen) atoms. The minimum Gasteiger partial charge on any atom is -0.389 e. The molecule has 1 unspecified atom stereocenters. The first kappa shape index (κ1) is 17.0. The fourth-order valence-corrected chi connectivity index (χ4v) is 3.55. The number of nitrogens with one attached hydrogen (secondary N) is 1. The number of thiocarbonyl (C=S) groups is 1. The number of nitrogens with two attached hydrogens (primary N) is 1. The standard InChI is InChI=1S/C13H21N3O2S2/c1-9-7-11(5-6-12(9)13(14)19)20(17,18)15-10(2)8-16(3)4/h5-7,10,15H,8H2,1-4H3,(H2,14,19). The Hall–Kier alpha value is -1.02. The molecule has 1 atom stereocenters. The number of nitrogens with zero attached hydrogens (tertiary/aromatic N) is 1. The van der Waals surface area contributed by atoms with Crippen LogP contribution in [0.4, 0.5) is 0 Å². The quantitative estimate of drug-likeness (QED) is 0.762. The molecule has 0 bridgehead atoms. The number of benzene rings is 1. The second kappa shape index (κ2) is 6.62. The van der Waals surface area contributed by atoms with Crippen molar-refractivity contribution >= 4 is 27.2 Å². The fourth-order valence-electron chi connectivity index (χ4n) is 2.00. The molecule has 0 heterocycles. The molecule has 5 nitrogen and oxygen atoms in total. The van der Waals surface area contributed by atoms with Crippen LogP contribution in [0.1, 0.15) is 18.1 Å². The van der Waals surface area contributed by atoms with Gasteiger partial charge in [-0.3, -0.25) is 0 Å². The largest absolute Gasteiger partial charge is 0.389 e. The molecule has 3 N–H and O–H groups in total. The second-order valence-corrected chi connectivity index (χ2v) is 7.28. The summed E-state index contributed by atoms with van der Waals surface area (Å²) in [6.07, 6.45) is 0. The van der Waals surface area contributed by atoms with Gasteiger partial charge >= 0.3 is 0 Å². The first-order valence-corrected chi connectivity index (χ1v) is 8.10. The topological polar surface area (TPSA) is 75.4 Å². The third-order valence-electron chi connectivity index (χ3n) is 2.77. The van der Waals surface area contributed by atoms with Gasteiger partial charge in [-0.2, -0.15) is 0 Å². The van der Waals surface area contributed by atoms with Crippen LogP contribution < -0.4 is 10.5 Å². The number of hydrogen-bond acceptors (Lipinski definition) is 4. The monoisotopic (exact) mass is 315 g/mol. The summed E-state index contributed by atoms with van der Waals surface area (Å²) in [6, 6.07) is 4.57. The maximum absolute atomic E-state index is 12.3. The van der Waals surface area contributed by atoms with E-state index in [4.69, 9.17) is 18.0 Å². The summed E-state index contributed by atoms with van der Waals surface area (Å²) in [6.45, 7) is 4.24. The zero-order chi connectivity index (χ0) is 15.5. The molecule has 0 radical (unpaired) electrons. The van der Waals surface area contributed by atoms with Crippen LogP contribution in [0.3, 0.4) is 0 Å². The van der Waals surface area contributed by atoms with E-state index in [0.29, 0.717) is 12.1 Å². The van der Waals surface area contributed by atoms with Crippen LogP contribution in [-0.4, -0.2) is 45.0 Å². The summed E-state index contributed by atoms with van der Waals surface area (Å²) < 4.78 is 27.2. The number of hydrogen-bond donors (Lipinski definition) is 2. The molecule has 0 aliphatic rings. The molecule has 112 valence electrons. The van der Waals surface area contributed by atoms with Crippen molar-refractivity contribution in [1.29, 1.82) is 0 Å². The zero-order valence-corrected chi connectivity index (χ0v) is 13.8. The number of rotatable bonds is 6. The zero-order valence-electron chi connectivity index (χ0n) is 12.2. The minimum absolute atomic E-state index is 0.175. The lowest BCUT2D eigenvalue weighted by atomic mass is 10.1. The van der Waals surface area contributed by atoms with Gasteiger partial charge < -0.3 is 10.6 Å². The van der Waals surface area contributed by atoms with Crippen molar-refractivity contribution < 1.29 is 8.42 Å². The molecule has 0 aliphatic carbocycles. The van der Waals surface area contributed by atoms with Gasteiger partial charge in [0.25, 0.3) is 0 Å². The Morgan fingerprint density at radius 3 is 2.50 bits per heavy atom. The van der Waals surface area contributed by atoms with Gasteiger partial charge in [0.2, 0.25) is 10.0 Å². The second-order valence-electron chi connectivity index (χ2n) is 5.13. The third kappa shape index (κ3) is 4.52. The highest BCUT2D eigenvalue weighted by Crippen LogP contribution is 2.15. The van der Waals surface area contributed by atoms with Crippen LogP contribution in [0.15, 0.2) is 23.1 Å². The van der Waals surface area contributed by atoms with Crippen LogP contribution in [0.5, 0.6) is 0 Å². The minimum atomic E-state index is -3.53. The Morgan fingerprint density at radius 1 is 1.45 bits per heavy atom. The summed E-state index contributed by atoms with van der Waals surface area (Å²) in [4.78, 5) is 2.41. The summed E-state index contributed by atoms with van der Waals surface area (Å²) in [7, 11) is 0.259. The molecule has 7 heteroatoms. The van der Waals surface area contributed by atoms with E-state index in [1.807, 2.05) is 25.9 Å². The Bertz CT molecular complexity index is 598. The normalized spacial score (nSPS) is 13.4. The molecular formula is C13H21N3O2S2. The fraction of sp³-hybridized carbons (Fsp3) is 0.462. The van der Waals surface area contributed by atoms with E-state index >= 15 is 0 Å². The van der Waals surface area contributed by atoms with Gasteiger partial charge in [0.05, 0.1) is 4.90 Å². The lowest BCUT2D eigenvalue weighted by Gasteiger charge is -2.18. The van der Waals surface area contributed by atoms with E-state index in [9.17, 15) is 8.42 Å². The molecule has 0 amide bonds. The van der Waals surface area contributed by atoms with Gasteiger partial charge in [0.1, 0.15) is 4.99 Å². The SMILES string of the molecule is Cc1cc(S(=O)(=O)NC(C)CN(C)C)ccc1C(N)=S. The summed E-state index contributed by atoms with van der Waals surface area (Å²) in [5, 5.41) is 0. The molecule has 0 saturated carbocycles. The smallest absolute Gasteiger partial charge is 0.240 e. The third-order valence-corrected chi connectivity index (χ3v) is 4.58. The average Bonchev–Trinajstić information content (AvgIpc) is 2.25. The maximum Gasteiger partial charge on any atom is 0.240 e. The molecule has 1 aromatic rings. The maximum atomic E-state index is 12.3. The van der Waals surface area contributed by atoms with Gasteiger partial charge in [-0.05, 0) is 45.6 Å². The van der Waals surface area contributed by atoms with E-state index < -0.39 is 10.0 Å². The van der Waals surface area contributed by atoms with Gasteiger partial charge in [-0.1, -0.05) is 18.3 Å². The van der Waals surface area contributed by atoms with Crippen LogP contribution in [0.25, 0.3) is 0 Å². The number of aryl methyl sites for hydroxylation is 1. The number of likely N-dealkylation sites (N-methyl/N-ethyl adjacent to an activating group) is 1. The molecule has 0 aromatic heterocycles. The molecule has 0 aliphatic heterocycles. The Labute approximate surface area is 126 Å². The summed E-state index contributed by atoms with van der Waals surface area (Å²) in [5.74, 6) is 0. The van der Waals surface area contributed by atoms with Crippen molar-refractivity contribution in [1.82, 2.24) is 9.62 Å². The lowest BCUT2D eigenvalue weighted by molar-refractivity contribution is 0.370. The highest BCUT2D eigenvalue weighted by atomic mass is 32.2. The van der Waals surface area contributed by atoms with Crippen molar-refractivity contribution in [3.05, 3.63) is 29.3 Å². The van der Waals surface area contributed by atoms with E-state index in [2.05, 4.69) is 4.72 Å². The highest BCUT2D eigenvalue weighted by Gasteiger charge is 2.18. The summed E-state index contributed by atoms with van der Waals surface area (Å²) >= 11 is 4.91. The van der Waals surface area contributed by atoms with Crippen molar-refractivity contribution in [2.45, 2.75) is 24.8 Å². The van der Waals surface area contributed by atoms with Gasteiger partial charge in [0.15, 0.2) is 0 Å². The average molecular weight is 315 g/mol. The summed E-state index contributed by atoms with van der Waals surface area (Å²) in [5.41, 5.74) is 7.02. The van der Waals surface area contributed by atoms with E-state index in [1.165, 1.54) is 6.07 Å². The van der Waals surface area contributed by atoms with Crippen molar-refractivity contribution in [3.8, 4) is 0 Å². The Morgan fingerprint density at radius 2 is 2.05 bits per heavy atom. The lowest BCUT2D eigenvalue weighted by Crippen LogP contribution is -2.39. The van der Waals surface area contributed by atoms with Crippen molar-refractivity contribution in [3.63, 3.8) is 0 Å². The molecule has 1 rings (SSSR count). The van der Waals surface area contributed by atoms with Gasteiger partial charge in [-0.25, -0.2) is 13.1 Å². The van der Waals surface area contributed by atoms with Crippen LogP contribution in [0, 0.1) is 6.92 Å². The Kier molecular flexibility index (Phi) is 5.64. The molecule has 0 saturated heterocycles. The molecule has 0 spiro atoms. The van der Waals surface area contributed by atoms with E-state index in [0.717, 1.165) is 5.56 Å². The Balaban J connectivity index is 2.99.